The molecule has 5 nitrogen and oxygen atoms in total. The fourth-order valence-electron chi connectivity index (χ4n) is 6.68. The predicted octanol–water partition coefficient (Wildman–Crippen LogP) is 7.42. The van der Waals surface area contributed by atoms with E-state index < -0.39 is 0 Å². The van der Waals surface area contributed by atoms with Crippen LogP contribution in [0.2, 0.25) is 0 Å². The molecule has 3 aromatic rings. The summed E-state index contributed by atoms with van der Waals surface area (Å²) >= 11 is 0. The Bertz CT molecular complexity index is 1390. The molecule has 5 rings (SSSR count). The standard InChI is InChI=1S/C36H44FN3O2/c1-25-7-4-5-10-34(25)40(20-13-28-16-21-42-22-17-28)27(3)29-14-18-39(19-15-29)36(41)31-11-12-33(26(2)23-31)35(38)30-8-6-9-32(37)24-30/h4-12,23-24,27-29,38H,13-22H2,1-3H3. The monoisotopic (exact) mass is 569 g/mol. The maximum atomic E-state index is 13.7. The molecule has 1 amide bonds. The lowest BCUT2D eigenvalue weighted by molar-refractivity contribution is 0.0634. The van der Waals surface area contributed by atoms with Gasteiger partial charge in [-0.1, -0.05) is 36.4 Å². The molecular weight excluding hydrogens is 525 g/mol. The minimum atomic E-state index is -0.360. The first kappa shape index (κ1) is 30.0. The molecule has 1 N–H and O–H groups in total. The molecule has 1 atom stereocenters. The number of amides is 1. The van der Waals surface area contributed by atoms with E-state index in [4.69, 9.17) is 10.1 Å². The first-order valence-corrected chi connectivity index (χ1v) is 15.5. The van der Waals surface area contributed by atoms with E-state index in [-0.39, 0.29) is 17.4 Å². The molecule has 42 heavy (non-hydrogen) atoms. The summed E-state index contributed by atoms with van der Waals surface area (Å²) in [7, 11) is 0. The molecule has 6 heteroatoms. The molecule has 0 spiro atoms. The highest BCUT2D eigenvalue weighted by Gasteiger charge is 2.31. The summed E-state index contributed by atoms with van der Waals surface area (Å²) in [6, 6.07) is 20.7. The smallest absolute Gasteiger partial charge is 0.253 e. The zero-order chi connectivity index (χ0) is 29.6. The number of nitrogens with zero attached hydrogens (tertiary/aromatic N) is 2. The normalized spacial score (nSPS) is 17.2. The van der Waals surface area contributed by atoms with Crippen LogP contribution in [0.15, 0.2) is 66.7 Å². The van der Waals surface area contributed by atoms with Gasteiger partial charge in [-0.15, -0.1) is 0 Å². The first-order valence-electron chi connectivity index (χ1n) is 15.5. The molecule has 0 aliphatic carbocycles. The van der Waals surface area contributed by atoms with Gasteiger partial charge in [0.05, 0.1) is 5.71 Å². The van der Waals surface area contributed by atoms with Crippen LogP contribution in [-0.4, -0.2) is 55.4 Å². The molecule has 2 saturated heterocycles. The number of para-hydroxylation sites is 1. The lowest BCUT2D eigenvalue weighted by Crippen LogP contribution is -2.46. The van der Waals surface area contributed by atoms with Gasteiger partial charge < -0.3 is 14.5 Å². The number of hydrogen-bond donors (Lipinski definition) is 1. The zero-order valence-electron chi connectivity index (χ0n) is 25.2. The Labute approximate surface area is 250 Å². The molecule has 0 aromatic heterocycles. The van der Waals surface area contributed by atoms with Crippen molar-refractivity contribution in [3.05, 3.63) is 100 Å². The Hall–Kier alpha value is -3.51. The third kappa shape index (κ3) is 6.92. The summed E-state index contributed by atoms with van der Waals surface area (Å²) in [4.78, 5) is 18.1. The number of anilines is 1. The van der Waals surface area contributed by atoms with E-state index in [1.807, 2.05) is 30.0 Å². The minimum absolute atomic E-state index is 0.0447. The maximum Gasteiger partial charge on any atom is 0.253 e. The number of aryl methyl sites for hydroxylation is 2. The van der Waals surface area contributed by atoms with Crippen LogP contribution in [-0.2, 0) is 4.74 Å². The highest BCUT2D eigenvalue weighted by atomic mass is 19.1. The Balaban J connectivity index is 1.23. The van der Waals surface area contributed by atoms with E-state index in [1.54, 1.807) is 12.1 Å². The molecule has 2 heterocycles. The van der Waals surface area contributed by atoms with Gasteiger partial charge in [0.2, 0.25) is 0 Å². The molecule has 2 fully saturated rings. The van der Waals surface area contributed by atoms with Gasteiger partial charge in [-0.2, -0.15) is 0 Å². The lowest BCUT2D eigenvalue weighted by Gasteiger charge is -2.42. The quantitative estimate of drug-likeness (QED) is 0.273. The van der Waals surface area contributed by atoms with Gasteiger partial charge in [0.15, 0.2) is 0 Å². The molecule has 0 saturated carbocycles. The van der Waals surface area contributed by atoms with Gasteiger partial charge >= 0.3 is 0 Å². The van der Waals surface area contributed by atoms with Crippen molar-refractivity contribution < 1.29 is 13.9 Å². The van der Waals surface area contributed by atoms with Crippen LogP contribution in [0, 0.1) is 36.9 Å². The second-order valence-electron chi connectivity index (χ2n) is 12.1. The Morgan fingerprint density at radius 2 is 1.69 bits per heavy atom. The van der Waals surface area contributed by atoms with Gasteiger partial charge in [-0.25, -0.2) is 4.39 Å². The number of halogens is 1. The van der Waals surface area contributed by atoms with E-state index in [0.717, 1.165) is 70.0 Å². The number of nitrogens with one attached hydrogen (secondary N) is 1. The molecule has 222 valence electrons. The third-order valence-corrected chi connectivity index (χ3v) is 9.40. The summed E-state index contributed by atoms with van der Waals surface area (Å²) in [6.45, 7) is 10.8. The summed E-state index contributed by atoms with van der Waals surface area (Å²) in [5, 5.41) is 8.57. The average molecular weight is 570 g/mol. The first-order chi connectivity index (χ1) is 20.3. The van der Waals surface area contributed by atoms with Crippen molar-refractivity contribution in [2.45, 2.75) is 58.9 Å². The number of ether oxygens (including phenoxy) is 1. The van der Waals surface area contributed by atoms with Crippen molar-refractivity contribution >= 4 is 17.3 Å². The molecule has 1 unspecified atom stereocenters. The van der Waals surface area contributed by atoms with Crippen LogP contribution in [0.5, 0.6) is 0 Å². The molecule has 0 radical (unpaired) electrons. The number of carbonyl (C=O) groups excluding carboxylic acids is 1. The fraction of sp³-hybridized carbons (Fsp3) is 0.444. The highest BCUT2D eigenvalue weighted by molar-refractivity contribution is 6.12. The van der Waals surface area contributed by atoms with Gasteiger partial charge in [0.25, 0.3) is 5.91 Å². The summed E-state index contributed by atoms with van der Waals surface area (Å²) in [5.74, 6) is 0.924. The number of hydrogen-bond acceptors (Lipinski definition) is 4. The van der Waals surface area contributed by atoms with Crippen LogP contribution < -0.4 is 4.90 Å². The second kappa shape index (κ2) is 13.6. The van der Waals surface area contributed by atoms with Crippen molar-refractivity contribution in [1.82, 2.24) is 4.90 Å². The Morgan fingerprint density at radius 3 is 2.38 bits per heavy atom. The maximum absolute atomic E-state index is 13.7. The van der Waals surface area contributed by atoms with Crippen molar-refractivity contribution in [3.8, 4) is 0 Å². The van der Waals surface area contributed by atoms with Crippen LogP contribution in [0.1, 0.15) is 71.6 Å². The average Bonchev–Trinajstić information content (AvgIpc) is 3.01. The SMILES string of the molecule is Cc1cc(C(=O)N2CCC(C(C)N(CCC3CCOCC3)c3ccccc3C)CC2)ccc1C(=N)c1cccc(F)c1. The van der Waals surface area contributed by atoms with Crippen LogP contribution in [0.4, 0.5) is 10.1 Å². The molecule has 2 aliphatic heterocycles. The van der Waals surface area contributed by atoms with E-state index >= 15 is 0 Å². The lowest BCUT2D eigenvalue weighted by atomic mass is 9.87. The Kier molecular flexibility index (Phi) is 9.73. The van der Waals surface area contributed by atoms with Crippen LogP contribution in [0.25, 0.3) is 0 Å². The van der Waals surface area contributed by atoms with Crippen molar-refractivity contribution in [1.29, 1.82) is 5.41 Å². The van der Waals surface area contributed by atoms with Crippen molar-refractivity contribution in [2.24, 2.45) is 11.8 Å². The van der Waals surface area contributed by atoms with E-state index in [9.17, 15) is 9.18 Å². The largest absolute Gasteiger partial charge is 0.381 e. The number of carbonyl (C=O) groups is 1. The molecule has 2 aliphatic rings. The van der Waals surface area contributed by atoms with Crippen molar-refractivity contribution in [2.75, 3.05) is 37.7 Å². The molecule has 3 aromatic carbocycles. The molecule has 0 bridgehead atoms. The minimum Gasteiger partial charge on any atom is -0.381 e. The summed E-state index contributed by atoms with van der Waals surface area (Å²) < 4.78 is 19.3. The van der Waals surface area contributed by atoms with Crippen LogP contribution in [0.3, 0.4) is 0 Å². The number of likely N-dealkylation sites (tertiary alicyclic amines) is 1. The van der Waals surface area contributed by atoms with E-state index in [2.05, 4.69) is 43.0 Å². The van der Waals surface area contributed by atoms with E-state index in [0.29, 0.717) is 28.7 Å². The van der Waals surface area contributed by atoms with Gasteiger partial charge in [0, 0.05) is 61.3 Å². The van der Waals surface area contributed by atoms with Gasteiger partial charge in [0.1, 0.15) is 5.82 Å². The van der Waals surface area contributed by atoms with Crippen LogP contribution >= 0.6 is 0 Å². The van der Waals surface area contributed by atoms with Gasteiger partial charge in [-0.3, -0.25) is 10.2 Å². The second-order valence-corrected chi connectivity index (χ2v) is 12.1. The predicted molar refractivity (Wildman–Crippen MR) is 168 cm³/mol. The van der Waals surface area contributed by atoms with E-state index in [1.165, 1.54) is 29.8 Å². The fourth-order valence-corrected chi connectivity index (χ4v) is 6.68. The number of rotatable bonds is 9. The summed E-state index contributed by atoms with van der Waals surface area (Å²) in [6.07, 6.45) is 5.46. The van der Waals surface area contributed by atoms with Gasteiger partial charge in [-0.05, 0) is 106 Å². The number of benzene rings is 3. The zero-order valence-corrected chi connectivity index (χ0v) is 25.2. The number of piperidine rings is 1. The topological polar surface area (TPSA) is 56.6 Å². The molecular formula is C36H44FN3O2. The Morgan fingerprint density at radius 1 is 0.952 bits per heavy atom. The third-order valence-electron chi connectivity index (χ3n) is 9.40. The highest BCUT2D eigenvalue weighted by Crippen LogP contribution is 2.32. The van der Waals surface area contributed by atoms with Crippen molar-refractivity contribution in [3.63, 3.8) is 0 Å². The summed E-state index contributed by atoms with van der Waals surface area (Å²) in [5.41, 5.74) is 5.63.